The van der Waals surface area contributed by atoms with Crippen molar-refractivity contribution in [2.75, 3.05) is 14.2 Å². The van der Waals surface area contributed by atoms with Crippen molar-refractivity contribution >= 4 is 7.60 Å². The zero-order valence-corrected chi connectivity index (χ0v) is 9.35. The van der Waals surface area contributed by atoms with Crippen LogP contribution in [-0.4, -0.2) is 24.4 Å². The van der Waals surface area contributed by atoms with Gasteiger partial charge in [-0.15, -0.1) is 0 Å². The van der Waals surface area contributed by atoms with E-state index < -0.39 is 13.4 Å². The van der Waals surface area contributed by atoms with Crippen molar-refractivity contribution < 1.29 is 23.8 Å². The molecule has 1 rings (SSSR count). The highest BCUT2D eigenvalue weighted by Crippen LogP contribution is 2.58. The van der Waals surface area contributed by atoms with E-state index in [4.69, 9.17) is 5.11 Å². The summed E-state index contributed by atoms with van der Waals surface area (Å²) in [4.78, 5) is 0. The highest BCUT2D eigenvalue weighted by molar-refractivity contribution is 7.53. The van der Waals surface area contributed by atoms with Gasteiger partial charge < -0.3 is 19.3 Å². The Hall–Kier alpha value is -0.870. The maximum Gasteiger partial charge on any atom is 0.362 e. The molecule has 1 aromatic rings. The largest absolute Gasteiger partial charge is 0.508 e. The quantitative estimate of drug-likeness (QED) is 0.775. The van der Waals surface area contributed by atoms with E-state index in [9.17, 15) is 9.67 Å². The normalized spacial score (nSPS) is 13.8. The van der Waals surface area contributed by atoms with Gasteiger partial charge in [0.2, 0.25) is 0 Å². The van der Waals surface area contributed by atoms with E-state index in [1.807, 2.05) is 0 Å². The van der Waals surface area contributed by atoms with E-state index in [1.54, 1.807) is 0 Å². The second-order valence-electron chi connectivity index (χ2n) is 2.87. The van der Waals surface area contributed by atoms with Crippen LogP contribution in [0, 0.1) is 0 Å². The van der Waals surface area contributed by atoms with Crippen molar-refractivity contribution in [3.8, 4) is 5.75 Å². The van der Waals surface area contributed by atoms with Crippen LogP contribution in [0.3, 0.4) is 0 Å². The van der Waals surface area contributed by atoms with Crippen LogP contribution in [0.2, 0.25) is 0 Å². The molecule has 0 amide bonds. The van der Waals surface area contributed by atoms with E-state index in [0.717, 1.165) is 0 Å². The molecule has 0 aliphatic rings. The van der Waals surface area contributed by atoms with Crippen LogP contribution >= 0.6 is 7.60 Å². The Morgan fingerprint density at radius 2 is 1.67 bits per heavy atom. The zero-order chi connectivity index (χ0) is 11.5. The summed E-state index contributed by atoms with van der Waals surface area (Å²) in [5.74, 6) is -1.29. The number of aromatic hydroxyl groups is 1. The van der Waals surface area contributed by atoms with Gasteiger partial charge in [-0.2, -0.15) is 0 Å². The molecule has 1 unspecified atom stereocenters. The van der Waals surface area contributed by atoms with Crippen LogP contribution in [0.5, 0.6) is 5.75 Å². The molecule has 15 heavy (non-hydrogen) atoms. The number of phenolic OH excluding ortho intramolecular Hbond substituents is 1. The molecule has 0 fully saturated rings. The van der Waals surface area contributed by atoms with Crippen molar-refractivity contribution in [2.24, 2.45) is 0 Å². The van der Waals surface area contributed by atoms with Crippen molar-refractivity contribution in [3.05, 3.63) is 29.8 Å². The maximum absolute atomic E-state index is 11.8. The topological polar surface area (TPSA) is 76.0 Å². The maximum atomic E-state index is 11.8. The first-order valence-corrected chi connectivity index (χ1v) is 5.83. The number of phenols is 1. The molecular weight excluding hydrogens is 219 g/mol. The molecule has 0 aliphatic heterocycles. The van der Waals surface area contributed by atoms with Gasteiger partial charge >= 0.3 is 7.60 Å². The van der Waals surface area contributed by atoms with Crippen LogP contribution in [0.1, 0.15) is 11.4 Å². The number of rotatable bonds is 4. The first-order valence-electron chi connectivity index (χ1n) is 4.21. The van der Waals surface area contributed by atoms with Gasteiger partial charge in [0, 0.05) is 14.2 Å². The molecule has 0 spiro atoms. The molecule has 84 valence electrons. The first kappa shape index (κ1) is 12.2. The molecule has 6 heteroatoms. The summed E-state index contributed by atoms with van der Waals surface area (Å²) < 4.78 is 21.1. The van der Waals surface area contributed by atoms with Gasteiger partial charge in [0.15, 0.2) is 5.85 Å². The molecule has 0 radical (unpaired) electrons. The fourth-order valence-corrected chi connectivity index (χ4v) is 2.19. The predicted octanol–water partition coefficient (Wildman–Crippen LogP) is 1.87. The third-order valence-electron chi connectivity index (χ3n) is 2.00. The third-order valence-corrected chi connectivity index (χ3v) is 3.91. The van der Waals surface area contributed by atoms with Gasteiger partial charge in [0.05, 0.1) is 0 Å². The lowest BCUT2D eigenvalue weighted by atomic mass is 10.2. The minimum Gasteiger partial charge on any atom is -0.508 e. The molecular formula is C9H13O5P. The monoisotopic (exact) mass is 232 g/mol. The Morgan fingerprint density at radius 1 is 1.20 bits per heavy atom. The summed E-state index contributed by atoms with van der Waals surface area (Å²) >= 11 is 0. The van der Waals surface area contributed by atoms with E-state index >= 15 is 0 Å². The lowest BCUT2D eigenvalue weighted by Crippen LogP contribution is -2.02. The zero-order valence-electron chi connectivity index (χ0n) is 8.45. The predicted molar refractivity (Wildman–Crippen MR) is 54.7 cm³/mol. The first-order chi connectivity index (χ1) is 7.03. The molecule has 2 N–H and O–H groups in total. The van der Waals surface area contributed by atoms with Crippen molar-refractivity contribution in [1.29, 1.82) is 0 Å². The molecule has 1 atom stereocenters. The number of hydrogen-bond donors (Lipinski definition) is 2. The number of aliphatic hydroxyl groups is 1. The molecule has 0 heterocycles. The standard InChI is InChI=1S/C9H13O5P/c1-13-15(12,14-2)9(11)7-3-5-8(10)6-4-7/h3-6,9-11H,1-2H3. The molecule has 0 aromatic heterocycles. The van der Waals surface area contributed by atoms with Gasteiger partial charge in [0.25, 0.3) is 0 Å². The summed E-state index contributed by atoms with van der Waals surface area (Å²) in [6, 6.07) is 5.66. The van der Waals surface area contributed by atoms with Crippen molar-refractivity contribution in [2.45, 2.75) is 5.85 Å². The van der Waals surface area contributed by atoms with Crippen molar-refractivity contribution in [3.63, 3.8) is 0 Å². The average Bonchev–Trinajstić information content (AvgIpc) is 2.28. The van der Waals surface area contributed by atoms with Gasteiger partial charge in [0.1, 0.15) is 5.75 Å². The van der Waals surface area contributed by atoms with Crippen molar-refractivity contribution in [1.82, 2.24) is 0 Å². The minimum atomic E-state index is -3.54. The lowest BCUT2D eigenvalue weighted by Gasteiger charge is -2.19. The molecule has 0 saturated carbocycles. The fraction of sp³-hybridized carbons (Fsp3) is 0.333. The lowest BCUT2D eigenvalue weighted by molar-refractivity contribution is 0.176. The molecule has 0 saturated heterocycles. The Bertz CT molecular complexity index is 353. The van der Waals surface area contributed by atoms with Gasteiger partial charge in [-0.25, -0.2) is 0 Å². The average molecular weight is 232 g/mol. The number of benzene rings is 1. The second kappa shape index (κ2) is 4.77. The Balaban J connectivity index is 2.98. The summed E-state index contributed by atoms with van der Waals surface area (Å²) in [5.41, 5.74) is 0.361. The molecule has 0 aliphatic carbocycles. The van der Waals surface area contributed by atoms with Crippen LogP contribution in [-0.2, 0) is 13.6 Å². The number of hydrogen-bond acceptors (Lipinski definition) is 5. The second-order valence-corrected chi connectivity index (χ2v) is 5.17. The third kappa shape index (κ3) is 2.58. The summed E-state index contributed by atoms with van der Waals surface area (Å²) in [5, 5.41) is 18.8. The van der Waals surface area contributed by atoms with Crippen LogP contribution in [0.25, 0.3) is 0 Å². The van der Waals surface area contributed by atoms with E-state index in [2.05, 4.69) is 9.05 Å². The van der Waals surface area contributed by atoms with Gasteiger partial charge in [-0.05, 0) is 17.7 Å². The molecule has 0 bridgehead atoms. The Morgan fingerprint density at radius 3 is 2.07 bits per heavy atom. The van der Waals surface area contributed by atoms with Crippen LogP contribution in [0.15, 0.2) is 24.3 Å². The highest BCUT2D eigenvalue weighted by atomic mass is 31.2. The Labute approximate surface area is 87.8 Å². The van der Waals surface area contributed by atoms with E-state index in [-0.39, 0.29) is 5.75 Å². The van der Waals surface area contributed by atoms with Crippen LogP contribution < -0.4 is 0 Å². The van der Waals surface area contributed by atoms with Gasteiger partial charge in [-0.3, -0.25) is 4.57 Å². The molecule has 1 aromatic carbocycles. The SMILES string of the molecule is COP(=O)(OC)C(O)c1ccc(O)cc1. The minimum absolute atomic E-state index is 0.0654. The van der Waals surface area contributed by atoms with Gasteiger partial charge in [-0.1, -0.05) is 12.1 Å². The van der Waals surface area contributed by atoms with E-state index in [0.29, 0.717) is 5.56 Å². The summed E-state index contributed by atoms with van der Waals surface area (Å²) in [6.07, 6.45) is 0. The Kier molecular flexibility index (Phi) is 3.88. The fourth-order valence-electron chi connectivity index (χ4n) is 1.10. The summed E-state index contributed by atoms with van der Waals surface area (Å²) in [6.45, 7) is 0. The smallest absolute Gasteiger partial charge is 0.362 e. The van der Waals surface area contributed by atoms with Crippen LogP contribution in [0.4, 0.5) is 0 Å². The molecule has 5 nitrogen and oxygen atoms in total. The highest BCUT2D eigenvalue weighted by Gasteiger charge is 2.33. The number of aliphatic hydroxyl groups excluding tert-OH is 1. The van der Waals surface area contributed by atoms with E-state index in [1.165, 1.54) is 38.5 Å². The summed E-state index contributed by atoms with van der Waals surface area (Å²) in [7, 11) is -1.13.